The van der Waals surface area contributed by atoms with Gasteiger partial charge in [0.1, 0.15) is 0 Å². The molecule has 0 N–H and O–H groups in total. The number of thiazole rings is 1. The van der Waals surface area contributed by atoms with Crippen LogP contribution in [0.5, 0.6) is 11.5 Å². The van der Waals surface area contributed by atoms with Crippen LogP contribution >= 0.6 is 11.3 Å². The normalized spacial score (nSPS) is 11.1. The van der Waals surface area contributed by atoms with E-state index in [9.17, 15) is 4.79 Å². The van der Waals surface area contributed by atoms with Gasteiger partial charge in [0.2, 0.25) is 0 Å². The van der Waals surface area contributed by atoms with Crippen LogP contribution in [0.2, 0.25) is 0 Å². The molecule has 7 heteroatoms. The summed E-state index contributed by atoms with van der Waals surface area (Å²) >= 11 is 1.49. The summed E-state index contributed by atoms with van der Waals surface area (Å²) in [6, 6.07) is 11.5. The number of ether oxygens (including phenoxy) is 2. The number of fused-ring (bicyclic) bond motifs is 1. The van der Waals surface area contributed by atoms with Gasteiger partial charge in [-0.2, -0.15) is 0 Å². The molecule has 0 bridgehead atoms. The maximum Gasteiger partial charge on any atom is 0.260 e. The van der Waals surface area contributed by atoms with Crippen molar-refractivity contribution in [3.05, 3.63) is 47.5 Å². The first-order valence-electron chi connectivity index (χ1n) is 10.1. The number of amides is 1. The van der Waals surface area contributed by atoms with E-state index in [2.05, 4.69) is 18.7 Å². The average molecular weight is 428 g/mol. The minimum atomic E-state index is -0.0294. The molecule has 2 aromatic carbocycles. The second kappa shape index (κ2) is 9.91. The molecule has 0 saturated heterocycles. The minimum Gasteiger partial charge on any atom is -0.493 e. The topological polar surface area (TPSA) is 54.9 Å². The highest BCUT2D eigenvalue weighted by Crippen LogP contribution is 2.37. The van der Waals surface area contributed by atoms with E-state index in [0.717, 1.165) is 35.4 Å². The highest BCUT2D eigenvalue weighted by Gasteiger charge is 2.23. The zero-order chi connectivity index (χ0) is 21.7. The Morgan fingerprint density at radius 2 is 1.70 bits per heavy atom. The monoisotopic (exact) mass is 427 g/mol. The Morgan fingerprint density at radius 3 is 2.33 bits per heavy atom. The molecular weight excluding hydrogens is 398 g/mol. The number of nitrogens with zero attached hydrogens (tertiary/aromatic N) is 3. The van der Waals surface area contributed by atoms with Crippen LogP contribution in [0.1, 0.15) is 29.8 Å². The Hall–Kier alpha value is -2.64. The van der Waals surface area contributed by atoms with Crippen LogP contribution in [-0.4, -0.2) is 56.2 Å². The smallest absolute Gasteiger partial charge is 0.260 e. The summed E-state index contributed by atoms with van der Waals surface area (Å²) in [6.07, 6.45) is 0. The van der Waals surface area contributed by atoms with Crippen molar-refractivity contribution in [3.8, 4) is 11.5 Å². The summed E-state index contributed by atoms with van der Waals surface area (Å²) in [5.74, 6) is 1.25. The summed E-state index contributed by atoms with van der Waals surface area (Å²) in [5, 5.41) is 0.681. The van der Waals surface area contributed by atoms with Crippen molar-refractivity contribution >= 4 is 32.6 Å². The second-order valence-electron chi connectivity index (χ2n) is 6.97. The lowest BCUT2D eigenvalue weighted by molar-refractivity contribution is 0.0983. The fourth-order valence-corrected chi connectivity index (χ4v) is 4.38. The van der Waals surface area contributed by atoms with E-state index in [1.54, 1.807) is 19.1 Å². The number of carbonyl (C=O) groups excluding carboxylic acids is 1. The third-order valence-electron chi connectivity index (χ3n) is 5.27. The van der Waals surface area contributed by atoms with Crippen LogP contribution in [0, 0.1) is 6.92 Å². The van der Waals surface area contributed by atoms with E-state index in [-0.39, 0.29) is 5.91 Å². The fourth-order valence-electron chi connectivity index (χ4n) is 3.38. The third kappa shape index (κ3) is 4.57. The molecule has 1 heterocycles. The number of aromatic nitrogens is 1. The molecule has 0 aliphatic carbocycles. The lowest BCUT2D eigenvalue weighted by Gasteiger charge is -2.25. The lowest BCUT2D eigenvalue weighted by Crippen LogP contribution is -2.39. The zero-order valence-electron chi connectivity index (χ0n) is 18.3. The largest absolute Gasteiger partial charge is 0.493 e. The van der Waals surface area contributed by atoms with E-state index in [1.807, 2.05) is 43.3 Å². The molecule has 0 radical (unpaired) electrons. The third-order valence-corrected chi connectivity index (χ3v) is 6.31. The Bertz CT molecular complexity index is 973. The SMILES string of the molecule is CCN(CC)CCN(C(=O)c1ccccc1C)c1nc2cc(OC)c(OC)cc2s1. The molecule has 0 saturated carbocycles. The van der Waals surface area contributed by atoms with Crippen LogP contribution in [0.3, 0.4) is 0 Å². The van der Waals surface area contributed by atoms with Crippen molar-refractivity contribution in [2.45, 2.75) is 20.8 Å². The number of benzene rings is 2. The number of hydrogen-bond donors (Lipinski definition) is 0. The molecule has 0 aliphatic rings. The molecule has 160 valence electrons. The molecule has 3 rings (SSSR count). The van der Waals surface area contributed by atoms with E-state index in [0.29, 0.717) is 28.7 Å². The van der Waals surface area contributed by atoms with Crippen LogP contribution in [0.15, 0.2) is 36.4 Å². The van der Waals surface area contributed by atoms with Gasteiger partial charge in [-0.15, -0.1) is 0 Å². The standard InChI is InChI=1S/C23H29N3O3S/c1-6-25(7-2)12-13-26(22(27)17-11-9-8-10-16(17)3)23-24-18-14-19(28-4)20(29-5)15-21(18)30-23/h8-11,14-15H,6-7,12-13H2,1-5H3. The minimum absolute atomic E-state index is 0.0294. The average Bonchev–Trinajstić information content (AvgIpc) is 3.18. The van der Waals surface area contributed by atoms with Gasteiger partial charge in [0.15, 0.2) is 16.6 Å². The summed E-state index contributed by atoms with van der Waals surface area (Å²) in [5.41, 5.74) is 2.45. The maximum atomic E-state index is 13.5. The number of hydrogen-bond acceptors (Lipinski definition) is 6. The molecule has 0 aliphatic heterocycles. The van der Waals surface area contributed by atoms with E-state index in [4.69, 9.17) is 14.5 Å². The predicted octanol–water partition coefficient (Wildman–Crippen LogP) is 4.61. The molecule has 0 spiro atoms. The molecular formula is C23H29N3O3S. The highest BCUT2D eigenvalue weighted by molar-refractivity contribution is 7.22. The van der Waals surface area contributed by atoms with Gasteiger partial charge in [0.25, 0.3) is 5.91 Å². The first-order chi connectivity index (χ1) is 14.5. The van der Waals surface area contributed by atoms with Gasteiger partial charge in [0, 0.05) is 30.8 Å². The number of anilines is 1. The summed E-state index contributed by atoms with van der Waals surface area (Å²) in [6.45, 7) is 9.47. The van der Waals surface area contributed by atoms with Crippen molar-refractivity contribution in [1.82, 2.24) is 9.88 Å². The van der Waals surface area contributed by atoms with Crippen molar-refractivity contribution in [1.29, 1.82) is 0 Å². The molecule has 1 aromatic heterocycles. The fraction of sp³-hybridized carbons (Fsp3) is 0.391. The number of carbonyl (C=O) groups is 1. The number of aryl methyl sites for hydroxylation is 1. The first-order valence-corrected chi connectivity index (χ1v) is 11.0. The summed E-state index contributed by atoms with van der Waals surface area (Å²) in [4.78, 5) is 22.4. The van der Waals surface area contributed by atoms with Gasteiger partial charge in [0.05, 0.1) is 24.4 Å². The predicted molar refractivity (Wildman–Crippen MR) is 123 cm³/mol. The van der Waals surface area contributed by atoms with E-state index >= 15 is 0 Å². The number of likely N-dealkylation sites (N-methyl/N-ethyl adjacent to an activating group) is 1. The van der Waals surface area contributed by atoms with Crippen molar-refractivity contribution < 1.29 is 14.3 Å². The van der Waals surface area contributed by atoms with Gasteiger partial charge < -0.3 is 14.4 Å². The second-order valence-corrected chi connectivity index (χ2v) is 7.98. The molecule has 6 nitrogen and oxygen atoms in total. The Labute approximate surface area is 182 Å². The molecule has 0 unspecified atom stereocenters. The summed E-state index contributed by atoms with van der Waals surface area (Å²) in [7, 11) is 3.22. The van der Waals surface area contributed by atoms with Gasteiger partial charge in [-0.05, 0) is 31.6 Å². The Balaban J connectivity index is 2.02. The Morgan fingerprint density at radius 1 is 1.03 bits per heavy atom. The van der Waals surface area contributed by atoms with Crippen LogP contribution < -0.4 is 14.4 Å². The van der Waals surface area contributed by atoms with Gasteiger partial charge in [-0.25, -0.2) is 4.98 Å². The van der Waals surface area contributed by atoms with Crippen LogP contribution in [0.25, 0.3) is 10.2 Å². The van der Waals surface area contributed by atoms with Crippen molar-refractivity contribution in [2.24, 2.45) is 0 Å². The molecule has 30 heavy (non-hydrogen) atoms. The highest BCUT2D eigenvalue weighted by atomic mass is 32.1. The lowest BCUT2D eigenvalue weighted by atomic mass is 10.1. The first kappa shape index (κ1) is 22.1. The van der Waals surface area contributed by atoms with Gasteiger partial charge in [-0.1, -0.05) is 43.4 Å². The van der Waals surface area contributed by atoms with E-state index < -0.39 is 0 Å². The molecule has 1 amide bonds. The van der Waals surface area contributed by atoms with Gasteiger partial charge in [-0.3, -0.25) is 9.69 Å². The number of rotatable bonds is 9. The Kier molecular flexibility index (Phi) is 7.29. The quantitative estimate of drug-likeness (QED) is 0.499. The molecule has 0 fully saturated rings. The zero-order valence-corrected chi connectivity index (χ0v) is 19.1. The van der Waals surface area contributed by atoms with Crippen LogP contribution in [-0.2, 0) is 0 Å². The van der Waals surface area contributed by atoms with Crippen LogP contribution in [0.4, 0.5) is 5.13 Å². The maximum absolute atomic E-state index is 13.5. The molecule has 0 atom stereocenters. The van der Waals surface area contributed by atoms with Crippen molar-refractivity contribution in [2.75, 3.05) is 45.3 Å². The number of methoxy groups -OCH3 is 2. The summed E-state index contributed by atoms with van der Waals surface area (Å²) < 4.78 is 11.8. The van der Waals surface area contributed by atoms with E-state index in [1.165, 1.54) is 11.3 Å². The van der Waals surface area contributed by atoms with Crippen molar-refractivity contribution in [3.63, 3.8) is 0 Å². The van der Waals surface area contributed by atoms with Gasteiger partial charge >= 0.3 is 0 Å². The molecule has 3 aromatic rings.